The van der Waals surface area contributed by atoms with Gasteiger partial charge in [-0.25, -0.2) is 12.8 Å². The molecule has 0 unspecified atom stereocenters. The number of anilines is 1. The highest BCUT2D eigenvalue weighted by molar-refractivity contribution is 7.89. The van der Waals surface area contributed by atoms with Crippen molar-refractivity contribution in [2.45, 2.75) is 43.9 Å². The van der Waals surface area contributed by atoms with Gasteiger partial charge in [0.25, 0.3) is 0 Å². The Bertz CT molecular complexity index is 1020. The molecule has 3 rings (SSSR count). The number of sulfonamides is 1. The molecule has 2 aromatic rings. The molecule has 6 nitrogen and oxygen atoms in total. The fourth-order valence-corrected chi connectivity index (χ4v) is 5.03. The molecule has 1 saturated heterocycles. The fraction of sp³-hybridized carbons (Fsp3) is 0.409. The normalized spacial score (nSPS) is 15.0. The summed E-state index contributed by atoms with van der Waals surface area (Å²) in [6.07, 6.45) is 3.27. The monoisotopic (exact) mass is 434 g/mol. The van der Waals surface area contributed by atoms with Gasteiger partial charge < -0.3 is 10.1 Å². The van der Waals surface area contributed by atoms with Crippen LogP contribution in [0.3, 0.4) is 0 Å². The molecule has 2 aromatic carbocycles. The quantitative estimate of drug-likeness (QED) is 0.717. The Balaban J connectivity index is 1.68. The van der Waals surface area contributed by atoms with E-state index in [-0.39, 0.29) is 23.0 Å². The zero-order valence-electron chi connectivity index (χ0n) is 17.3. The third kappa shape index (κ3) is 5.17. The number of benzene rings is 2. The topological polar surface area (TPSA) is 75.7 Å². The van der Waals surface area contributed by atoms with Crippen LogP contribution in [0.15, 0.2) is 41.3 Å². The van der Waals surface area contributed by atoms with Crippen molar-refractivity contribution in [3.8, 4) is 5.75 Å². The smallest absolute Gasteiger partial charge is 0.243 e. The number of rotatable bonds is 7. The standard InChI is InChI=1S/C22H27FN2O4S/c1-16-6-9-18(30(27,28)25-12-4-3-5-13-25)15-20(16)24-22(26)11-8-17-7-10-21(29-2)19(23)14-17/h6-7,9-10,14-15H,3-5,8,11-13H2,1-2H3,(H,24,26). The lowest BCUT2D eigenvalue weighted by molar-refractivity contribution is -0.116. The van der Waals surface area contributed by atoms with Crippen molar-refractivity contribution >= 4 is 21.6 Å². The van der Waals surface area contributed by atoms with E-state index >= 15 is 0 Å². The molecule has 0 bridgehead atoms. The summed E-state index contributed by atoms with van der Waals surface area (Å²) in [5, 5.41) is 2.79. The van der Waals surface area contributed by atoms with E-state index in [1.807, 2.05) is 6.92 Å². The first-order valence-electron chi connectivity index (χ1n) is 10.0. The molecule has 1 aliphatic heterocycles. The third-order valence-corrected chi connectivity index (χ3v) is 7.19. The SMILES string of the molecule is COc1ccc(CCC(=O)Nc2cc(S(=O)(=O)N3CCCCC3)ccc2C)cc1F. The largest absolute Gasteiger partial charge is 0.494 e. The molecule has 0 atom stereocenters. The lowest BCUT2D eigenvalue weighted by Crippen LogP contribution is -2.35. The van der Waals surface area contributed by atoms with Crippen molar-refractivity contribution in [2.24, 2.45) is 0 Å². The van der Waals surface area contributed by atoms with E-state index in [2.05, 4.69) is 5.32 Å². The van der Waals surface area contributed by atoms with Crippen LogP contribution < -0.4 is 10.1 Å². The number of aryl methyl sites for hydroxylation is 2. The molecule has 1 aliphatic rings. The van der Waals surface area contributed by atoms with Crippen molar-refractivity contribution in [1.29, 1.82) is 0 Å². The second-order valence-electron chi connectivity index (χ2n) is 7.46. The number of piperidine rings is 1. The predicted octanol–water partition coefficient (Wildman–Crippen LogP) is 3.89. The number of carbonyl (C=O) groups is 1. The number of nitrogens with zero attached hydrogens (tertiary/aromatic N) is 1. The summed E-state index contributed by atoms with van der Waals surface area (Å²) in [5.41, 5.74) is 1.93. The number of ether oxygens (including phenoxy) is 1. The fourth-order valence-electron chi connectivity index (χ4n) is 3.49. The molecule has 1 N–H and O–H groups in total. The summed E-state index contributed by atoms with van der Waals surface area (Å²) in [4.78, 5) is 12.6. The Morgan fingerprint density at radius 3 is 2.53 bits per heavy atom. The Kier molecular flexibility index (Phi) is 7.10. The van der Waals surface area contributed by atoms with Crippen molar-refractivity contribution < 1.29 is 22.3 Å². The van der Waals surface area contributed by atoms with Crippen LogP contribution in [0.1, 0.15) is 36.8 Å². The summed E-state index contributed by atoms with van der Waals surface area (Å²) in [5.74, 6) is -0.575. The number of methoxy groups -OCH3 is 1. The molecule has 1 fully saturated rings. The number of carbonyl (C=O) groups excluding carboxylic acids is 1. The number of amides is 1. The van der Waals surface area contributed by atoms with Gasteiger partial charge in [0.05, 0.1) is 12.0 Å². The minimum atomic E-state index is -3.58. The number of halogens is 1. The molecule has 1 heterocycles. The molecule has 1 amide bonds. The molecule has 162 valence electrons. The van der Waals surface area contributed by atoms with Crippen LogP contribution in [0, 0.1) is 12.7 Å². The van der Waals surface area contributed by atoms with Gasteiger partial charge in [0.15, 0.2) is 11.6 Å². The van der Waals surface area contributed by atoms with Gasteiger partial charge in [0, 0.05) is 25.2 Å². The minimum absolute atomic E-state index is 0.147. The summed E-state index contributed by atoms with van der Waals surface area (Å²) in [6, 6.07) is 9.39. The van der Waals surface area contributed by atoms with Crippen molar-refractivity contribution in [2.75, 3.05) is 25.5 Å². The lowest BCUT2D eigenvalue weighted by Gasteiger charge is -2.26. The zero-order chi connectivity index (χ0) is 21.7. The first-order valence-corrected chi connectivity index (χ1v) is 11.5. The average Bonchev–Trinajstić information content (AvgIpc) is 2.74. The van der Waals surface area contributed by atoms with E-state index in [9.17, 15) is 17.6 Å². The Hall–Kier alpha value is -2.45. The van der Waals surface area contributed by atoms with Crippen LogP contribution in [-0.2, 0) is 21.2 Å². The van der Waals surface area contributed by atoms with Gasteiger partial charge in [-0.05, 0) is 61.6 Å². The second-order valence-corrected chi connectivity index (χ2v) is 9.40. The van der Waals surface area contributed by atoms with Crippen molar-refractivity contribution in [3.63, 3.8) is 0 Å². The average molecular weight is 435 g/mol. The molecule has 8 heteroatoms. The Labute approximate surface area is 177 Å². The van der Waals surface area contributed by atoms with Crippen molar-refractivity contribution in [1.82, 2.24) is 4.31 Å². The molecule has 0 saturated carbocycles. The summed E-state index contributed by atoms with van der Waals surface area (Å²) in [6.45, 7) is 2.86. The Morgan fingerprint density at radius 1 is 1.13 bits per heavy atom. The number of hydrogen-bond donors (Lipinski definition) is 1. The second kappa shape index (κ2) is 9.57. The molecule has 0 radical (unpaired) electrons. The molecule has 30 heavy (non-hydrogen) atoms. The van der Waals surface area contributed by atoms with Crippen molar-refractivity contribution in [3.05, 3.63) is 53.3 Å². The number of nitrogens with one attached hydrogen (secondary N) is 1. The lowest BCUT2D eigenvalue weighted by atomic mass is 10.1. The van der Waals surface area contributed by atoms with Crippen LogP contribution in [0.2, 0.25) is 0 Å². The Morgan fingerprint density at radius 2 is 1.87 bits per heavy atom. The molecule has 0 aliphatic carbocycles. The first-order chi connectivity index (χ1) is 14.3. The maximum absolute atomic E-state index is 13.8. The van der Waals surface area contributed by atoms with Gasteiger partial charge >= 0.3 is 0 Å². The molecular weight excluding hydrogens is 407 g/mol. The van der Waals surface area contributed by atoms with E-state index in [0.717, 1.165) is 24.8 Å². The summed E-state index contributed by atoms with van der Waals surface area (Å²) < 4.78 is 46.0. The van der Waals surface area contributed by atoms with Crippen LogP contribution in [0.4, 0.5) is 10.1 Å². The molecule has 0 spiro atoms. The van der Waals surface area contributed by atoms with Gasteiger partial charge in [-0.3, -0.25) is 4.79 Å². The van der Waals surface area contributed by atoms with Crippen LogP contribution in [0.25, 0.3) is 0 Å². The van der Waals surface area contributed by atoms with Gasteiger partial charge in [0.2, 0.25) is 15.9 Å². The maximum Gasteiger partial charge on any atom is 0.243 e. The first kappa shape index (κ1) is 22.2. The van der Waals surface area contributed by atoms with Gasteiger partial charge in [0.1, 0.15) is 0 Å². The van der Waals surface area contributed by atoms with E-state index in [1.165, 1.54) is 29.6 Å². The summed E-state index contributed by atoms with van der Waals surface area (Å²) in [7, 11) is -2.18. The summed E-state index contributed by atoms with van der Waals surface area (Å²) >= 11 is 0. The minimum Gasteiger partial charge on any atom is -0.494 e. The van der Waals surface area contributed by atoms with Gasteiger partial charge in [-0.2, -0.15) is 4.31 Å². The highest BCUT2D eigenvalue weighted by Gasteiger charge is 2.26. The van der Waals surface area contributed by atoms with Crippen LogP contribution >= 0.6 is 0 Å². The zero-order valence-corrected chi connectivity index (χ0v) is 18.1. The molecular formula is C22H27FN2O4S. The van der Waals surface area contributed by atoms with E-state index in [0.29, 0.717) is 30.8 Å². The van der Waals surface area contributed by atoms with E-state index in [1.54, 1.807) is 18.2 Å². The van der Waals surface area contributed by atoms with E-state index < -0.39 is 15.8 Å². The van der Waals surface area contributed by atoms with Crippen LogP contribution in [0.5, 0.6) is 5.75 Å². The van der Waals surface area contributed by atoms with E-state index in [4.69, 9.17) is 4.74 Å². The van der Waals surface area contributed by atoms with Crippen LogP contribution in [-0.4, -0.2) is 38.8 Å². The highest BCUT2D eigenvalue weighted by atomic mass is 32.2. The third-order valence-electron chi connectivity index (χ3n) is 5.29. The van der Waals surface area contributed by atoms with Gasteiger partial charge in [-0.1, -0.05) is 18.6 Å². The van der Waals surface area contributed by atoms with Gasteiger partial charge in [-0.15, -0.1) is 0 Å². The molecule has 0 aromatic heterocycles. The maximum atomic E-state index is 13.8. The highest BCUT2D eigenvalue weighted by Crippen LogP contribution is 2.25. The predicted molar refractivity (Wildman–Crippen MR) is 114 cm³/mol. The number of hydrogen-bond acceptors (Lipinski definition) is 4.